The Morgan fingerprint density at radius 2 is 2.11 bits per heavy atom. The van der Waals surface area contributed by atoms with Crippen molar-refractivity contribution < 1.29 is 18.7 Å². The standard InChI is InChI=1S/C13H14FNO3.H2S/c1-9(14)12(16)15-11(8-18-13(15)17)7-10-5-3-2-4-6-10;/h2-6,9,11H,7-8H2,1H3;1H2/t9?,11-;/m0./s1. The molecule has 0 aromatic heterocycles. The Morgan fingerprint density at radius 1 is 1.47 bits per heavy atom. The van der Waals surface area contributed by atoms with Crippen molar-refractivity contribution in [1.82, 2.24) is 4.90 Å². The Morgan fingerprint density at radius 3 is 2.68 bits per heavy atom. The molecule has 0 aliphatic carbocycles. The minimum absolute atomic E-state index is 0. The Hall–Kier alpha value is -1.56. The van der Waals surface area contributed by atoms with E-state index in [0.717, 1.165) is 17.4 Å². The third-order valence-corrected chi connectivity index (χ3v) is 2.85. The first-order valence-electron chi connectivity index (χ1n) is 5.77. The van der Waals surface area contributed by atoms with Gasteiger partial charge in [0.25, 0.3) is 5.91 Å². The second kappa shape index (κ2) is 6.56. The highest BCUT2D eigenvalue weighted by Crippen LogP contribution is 2.18. The molecule has 1 aliphatic heterocycles. The molecular formula is C13H16FNO3S. The van der Waals surface area contributed by atoms with Crippen LogP contribution in [0, 0.1) is 0 Å². The maximum atomic E-state index is 13.0. The monoisotopic (exact) mass is 285 g/mol. The van der Waals surface area contributed by atoms with Crippen LogP contribution in [0.4, 0.5) is 9.18 Å². The summed E-state index contributed by atoms with van der Waals surface area (Å²) in [5.74, 6) is -0.835. The second-order valence-corrected chi connectivity index (χ2v) is 4.24. The molecule has 4 nitrogen and oxygen atoms in total. The van der Waals surface area contributed by atoms with Crippen LogP contribution < -0.4 is 0 Å². The van der Waals surface area contributed by atoms with E-state index in [1.807, 2.05) is 30.3 Å². The van der Waals surface area contributed by atoms with Crippen molar-refractivity contribution in [1.29, 1.82) is 0 Å². The molecule has 0 N–H and O–H groups in total. The number of carbonyl (C=O) groups is 2. The van der Waals surface area contributed by atoms with Crippen LogP contribution in [0.2, 0.25) is 0 Å². The number of hydrogen-bond donors (Lipinski definition) is 0. The zero-order valence-electron chi connectivity index (χ0n) is 10.5. The van der Waals surface area contributed by atoms with Gasteiger partial charge in [0.2, 0.25) is 0 Å². The average Bonchev–Trinajstić information content (AvgIpc) is 2.71. The van der Waals surface area contributed by atoms with Crippen molar-refractivity contribution >= 4 is 25.5 Å². The SMILES string of the molecule is CC(F)C(=O)N1C(=O)OC[C@@H]1Cc1ccccc1.S. The molecule has 2 amide bonds. The number of hydrogen-bond acceptors (Lipinski definition) is 3. The van der Waals surface area contributed by atoms with Gasteiger partial charge < -0.3 is 4.74 Å². The van der Waals surface area contributed by atoms with Crippen molar-refractivity contribution in [3.63, 3.8) is 0 Å². The highest BCUT2D eigenvalue weighted by Gasteiger charge is 2.39. The van der Waals surface area contributed by atoms with E-state index in [2.05, 4.69) is 0 Å². The third kappa shape index (κ3) is 3.47. The molecule has 0 spiro atoms. The Balaban J connectivity index is 0.00000180. The molecule has 2 rings (SSSR count). The van der Waals surface area contributed by atoms with E-state index in [4.69, 9.17) is 4.74 Å². The maximum absolute atomic E-state index is 13.0. The molecule has 0 bridgehead atoms. The highest BCUT2D eigenvalue weighted by molar-refractivity contribution is 7.59. The van der Waals surface area contributed by atoms with E-state index < -0.39 is 24.2 Å². The second-order valence-electron chi connectivity index (χ2n) is 4.24. The maximum Gasteiger partial charge on any atom is 0.417 e. The summed E-state index contributed by atoms with van der Waals surface area (Å²) in [5, 5.41) is 0. The molecule has 0 saturated carbocycles. The normalized spacial score (nSPS) is 19.6. The van der Waals surface area contributed by atoms with Gasteiger partial charge in [0, 0.05) is 0 Å². The number of nitrogens with zero attached hydrogens (tertiary/aromatic N) is 1. The van der Waals surface area contributed by atoms with Gasteiger partial charge in [-0.25, -0.2) is 14.1 Å². The van der Waals surface area contributed by atoms with E-state index >= 15 is 0 Å². The summed E-state index contributed by atoms with van der Waals surface area (Å²) in [7, 11) is 0. The first kappa shape index (κ1) is 15.5. The molecule has 1 aromatic carbocycles. The number of amides is 2. The fourth-order valence-electron chi connectivity index (χ4n) is 1.96. The smallest absolute Gasteiger partial charge is 0.417 e. The van der Waals surface area contributed by atoms with E-state index in [-0.39, 0.29) is 20.1 Å². The van der Waals surface area contributed by atoms with Crippen LogP contribution in [0.15, 0.2) is 30.3 Å². The molecule has 104 valence electrons. The first-order chi connectivity index (χ1) is 8.59. The number of benzene rings is 1. The Kier molecular flexibility index (Phi) is 5.35. The zero-order valence-corrected chi connectivity index (χ0v) is 11.5. The van der Waals surface area contributed by atoms with E-state index in [0.29, 0.717) is 6.42 Å². The molecule has 1 saturated heterocycles. The number of rotatable bonds is 3. The molecule has 1 unspecified atom stereocenters. The van der Waals surface area contributed by atoms with Gasteiger partial charge in [0.05, 0.1) is 6.04 Å². The summed E-state index contributed by atoms with van der Waals surface area (Å²) in [6.07, 6.45) is -1.98. The summed E-state index contributed by atoms with van der Waals surface area (Å²) >= 11 is 0. The fourth-order valence-corrected chi connectivity index (χ4v) is 1.96. The third-order valence-electron chi connectivity index (χ3n) is 2.85. The van der Waals surface area contributed by atoms with Gasteiger partial charge in [-0.15, -0.1) is 0 Å². The number of alkyl halides is 1. The largest absolute Gasteiger partial charge is 0.447 e. The molecule has 1 aromatic rings. The van der Waals surface area contributed by atoms with Crippen LogP contribution in [-0.4, -0.2) is 35.7 Å². The Bertz CT molecular complexity index is 452. The van der Waals surface area contributed by atoms with Gasteiger partial charge in [0.15, 0.2) is 6.17 Å². The fraction of sp³-hybridized carbons (Fsp3) is 0.385. The molecule has 19 heavy (non-hydrogen) atoms. The molecule has 1 aliphatic rings. The van der Waals surface area contributed by atoms with Crippen molar-refractivity contribution in [2.24, 2.45) is 0 Å². The number of ether oxygens (including phenoxy) is 1. The lowest BCUT2D eigenvalue weighted by molar-refractivity contribution is -0.133. The first-order valence-corrected chi connectivity index (χ1v) is 5.77. The van der Waals surface area contributed by atoms with Gasteiger partial charge in [-0.3, -0.25) is 4.79 Å². The number of carbonyl (C=O) groups excluding carboxylic acids is 2. The molecule has 2 atom stereocenters. The average molecular weight is 285 g/mol. The summed E-state index contributed by atoms with van der Waals surface area (Å²) < 4.78 is 17.9. The lowest BCUT2D eigenvalue weighted by atomic mass is 10.1. The minimum atomic E-state index is -1.70. The molecule has 0 radical (unpaired) electrons. The highest BCUT2D eigenvalue weighted by atomic mass is 32.1. The van der Waals surface area contributed by atoms with Crippen molar-refractivity contribution in [3.8, 4) is 0 Å². The van der Waals surface area contributed by atoms with Gasteiger partial charge >= 0.3 is 6.09 Å². The lowest BCUT2D eigenvalue weighted by Crippen LogP contribution is -2.43. The van der Waals surface area contributed by atoms with E-state index in [1.165, 1.54) is 0 Å². The number of halogens is 1. The topological polar surface area (TPSA) is 46.6 Å². The van der Waals surface area contributed by atoms with Crippen LogP contribution in [-0.2, 0) is 16.0 Å². The minimum Gasteiger partial charge on any atom is -0.447 e. The predicted octanol–water partition coefficient (Wildman–Crippen LogP) is 2.05. The van der Waals surface area contributed by atoms with Gasteiger partial charge in [-0.05, 0) is 18.9 Å². The molecule has 6 heteroatoms. The van der Waals surface area contributed by atoms with Gasteiger partial charge in [-0.2, -0.15) is 13.5 Å². The van der Waals surface area contributed by atoms with Crippen LogP contribution in [0.25, 0.3) is 0 Å². The molecule has 1 heterocycles. The number of cyclic esters (lactones) is 1. The Labute approximate surface area is 118 Å². The van der Waals surface area contributed by atoms with Crippen molar-refractivity contribution in [2.75, 3.05) is 6.61 Å². The summed E-state index contributed by atoms with van der Waals surface area (Å²) in [4.78, 5) is 23.9. The quantitative estimate of drug-likeness (QED) is 0.854. The van der Waals surface area contributed by atoms with Gasteiger partial charge in [-0.1, -0.05) is 30.3 Å². The van der Waals surface area contributed by atoms with Crippen molar-refractivity contribution in [3.05, 3.63) is 35.9 Å². The van der Waals surface area contributed by atoms with E-state index in [1.54, 1.807) is 0 Å². The van der Waals surface area contributed by atoms with Crippen LogP contribution in [0.3, 0.4) is 0 Å². The zero-order chi connectivity index (χ0) is 13.1. The predicted molar refractivity (Wildman–Crippen MR) is 73.1 cm³/mol. The molecule has 1 fully saturated rings. The lowest BCUT2D eigenvalue weighted by Gasteiger charge is -2.20. The molecular weight excluding hydrogens is 269 g/mol. The summed E-state index contributed by atoms with van der Waals surface area (Å²) in [5.41, 5.74) is 0.977. The van der Waals surface area contributed by atoms with Gasteiger partial charge in [0.1, 0.15) is 6.61 Å². The van der Waals surface area contributed by atoms with Crippen molar-refractivity contribution in [2.45, 2.75) is 25.6 Å². The summed E-state index contributed by atoms with van der Waals surface area (Å²) in [6, 6.07) is 8.99. The van der Waals surface area contributed by atoms with Crippen LogP contribution >= 0.6 is 13.5 Å². The van der Waals surface area contributed by atoms with Crippen LogP contribution in [0.1, 0.15) is 12.5 Å². The van der Waals surface area contributed by atoms with Crippen LogP contribution in [0.5, 0.6) is 0 Å². The summed E-state index contributed by atoms with van der Waals surface area (Å²) in [6.45, 7) is 1.24. The number of imide groups is 1. The van der Waals surface area contributed by atoms with E-state index in [9.17, 15) is 14.0 Å².